The van der Waals surface area contributed by atoms with Crippen LogP contribution in [-0.2, 0) is 12.8 Å². The molecular formula is C16H11ClN2O. The second kappa shape index (κ2) is 5.36. The molecule has 0 saturated heterocycles. The van der Waals surface area contributed by atoms with Crippen molar-refractivity contribution in [3.8, 4) is 6.07 Å². The summed E-state index contributed by atoms with van der Waals surface area (Å²) in [4.78, 5) is 4.46. The van der Waals surface area contributed by atoms with E-state index in [1.54, 1.807) is 0 Å². The van der Waals surface area contributed by atoms with Crippen LogP contribution in [0.5, 0.6) is 0 Å². The fraction of sp³-hybridized carbons (Fsp3) is 0.125. The second-order valence-corrected chi connectivity index (χ2v) is 4.98. The van der Waals surface area contributed by atoms with Crippen LogP contribution in [0.3, 0.4) is 0 Å². The molecule has 0 radical (unpaired) electrons. The smallest absolute Gasteiger partial charge is 0.199 e. The van der Waals surface area contributed by atoms with Crippen molar-refractivity contribution in [3.63, 3.8) is 0 Å². The highest BCUT2D eigenvalue weighted by Gasteiger charge is 2.07. The van der Waals surface area contributed by atoms with Gasteiger partial charge in [0, 0.05) is 11.4 Å². The first-order chi connectivity index (χ1) is 9.74. The highest BCUT2D eigenvalue weighted by Crippen LogP contribution is 2.20. The Kier molecular flexibility index (Phi) is 3.41. The maximum absolute atomic E-state index is 8.71. The van der Waals surface area contributed by atoms with Gasteiger partial charge in [-0.3, -0.25) is 0 Å². The Morgan fingerprint density at radius 1 is 1.10 bits per heavy atom. The molecule has 2 aromatic carbocycles. The van der Waals surface area contributed by atoms with Gasteiger partial charge in [-0.2, -0.15) is 5.26 Å². The third-order valence-electron chi connectivity index (χ3n) is 3.05. The van der Waals surface area contributed by atoms with Gasteiger partial charge in [-0.05, 0) is 35.4 Å². The first kappa shape index (κ1) is 12.7. The Bertz CT molecular complexity index is 784. The average Bonchev–Trinajstić information content (AvgIpc) is 2.83. The van der Waals surface area contributed by atoms with Crippen molar-refractivity contribution in [1.29, 1.82) is 5.26 Å². The summed E-state index contributed by atoms with van der Waals surface area (Å²) in [5, 5.41) is 9.42. The van der Waals surface area contributed by atoms with Crippen LogP contribution < -0.4 is 0 Å². The molecule has 0 spiro atoms. The molecule has 0 aliphatic rings. The van der Waals surface area contributed by atoms with E-state index in [0.29, 0.717) is 23.8 Å². The zero-order valence-corrected chi connectivity index (χ0v) is 11.4. The van der Waals surface area contributed by atoms with Crippen molar-refractivity contribution in [1.82, 2.24) is 4.98 Å². The molecule has 0 amide bonds. The van der Waals surface area contributed by atoms with Gasteiger partial charge in [0.05, 0.1) is 12.5 Å². The molecular weight excluding hydrogens is 272 g/mol. The van der Waals surface area contributed by atoms with E-state index in [4.69, 9.17) is 21.3 Å². The number of halogens is 1. The summed E-state index contributed by atoms with van der Waals surface area (Å²) in [6, 6.07) is 15.4. The summed E-state index contributed by atoms with van der Waals surface area (Å²) in [6.45, 7) is 0. The fourth-order valence-corrected chi connectivity index (χ4v) is 2.20. The van der Waals surface area contributed by atoms with Gasteiger partial charge in [0.2, 0.25) is 0 Å². The van der Waals surface area contributed by atoms with Gasteiger partial charge in [-0.25, -0.2) is 4.98 Å². The van der Waals surface area contributed by atoms with E-state index in [-0.39, 0.29) is 0 Å². The van der Waals surface area contributed by atoms with Crippen molar-refractivity contribution in [3.05, 3.63) is 64.5 Å². The lowest BCUT2D eigenvalue weighted by Crippen LogP contribution is -1.87. The van der Waals surface area contributed by atoms with Crippen molar-refractivity contribution < 1.29 is 4.42 Å². The van der Waals surface area contributed by atoms with Crippen LogP contribution >= 0.6 is 11.6 Å². The summed E-state index contributed by atoms with van der Waals surface area (Å²) >= 11 is 5.86. The number of oxazole rings is 1. The van der Waals surface area contributed by atoms with Crippen molar-refractivity contribution in [2.75, 3.05) is 0 Å². The van der Waals surface area contributed by atoms with Gasteiger partial charge in [0.15, 0.2) is 11.5 Å². The Hall–Kier alpha value is -2.31. The normalized spacial score (nSPS) is 10.6. The van der Waals surface area contributed by atoms with Crippen LogP contribution in [0, 0.1) is 11.3 Å². The maximum atomic E-state index is 8.71. The maximum Gasteiger partial charge on any atom is 0.199 e. The Balaban J connectivity index is 1.89. The van der Waals surface area contributed by atoms with Gasteiger partial charge in [-0.15, -0.1) is 0 Å². The summed E-state index contributed by atoms with van der Waals surface area (Å²) in [6.07, 6.45) is 1.01. The van der Waals surface area contributed by atoms with Crippen molar-refractivity contribution in [2.45, 2.75) is 12.8 Å². The Labute approximate surface area is 121 Å². The summed E-state index contributed by atoms with van der Waals surface area (Å²) < 4.78 is 5.71. The predicted octanol–water partition coefficient (Wildman–Crippen LogP) is 4.14. The lowest BCUT2D eigenvalue weighted by molar-refractivity contribution is 0.544. The number of benzene rings is 2. The van der Waals surface area contributed by atoms with Crippen LogP contribution in [0.4, 0.5) is 0 Å². The topological polar surface area (TPSA) is 49.8 Å². The minimum Gasteiger partial charge on any atom is -0.440 e. The molecule has 98 valence electrons. The summed E-state index contributed by atoms with van der Waals surface area (Å²) in [7, 11) is 0. The number of hydrogen-bond acceptors (Lipinski definition) is 3. The van der Waals surface area contributed by atoms with Gasteiger partial charge >= 0.3 is 0 Å². The molecule has 3 aromatic rings. The number of aromatic nitrogens is 1. The zero-order chi connectivity index (χ0) is 13.9. The largest absolute Gasteiger partial charge is 0.440 e. The van der Waals surface area contributed by atoms with Gasteiger partial charge in [-0.1, -0.05) is 29.8 Å². The minimum atomic E-state index is 0.384. The summed E-state index contributed by atoms with van der Waals surface area (Å²) in [5.74, 6) is 0.663. The number of hydrogen-bond donors (Lipinski definition) is 0. The van der Waals surface area contributed by atoms with Gasteiger partial charge < -0.3 is 4.42 Å². The predicted molar refractivity (Wildman–Crippen MR) is 77.6 cm³/mol. The second-order valence-electron chi connectivity index (χ2n) is 4.55. The highest BCUT2D eigenvalue weighted by molar-refractivity contribution is 6.30. The number of nitriles is 1. The van der Waals surface area contributed by atoms with Gasteiger partial charge in [0.25, 0.3) is 0 Å². The van der Waals surface area contributed by atoms with E-state index in [1.807, 2.05) is 42.5 Å². The first-order valence-corrected chi connectivity index (χ1v) is 6.62. The average molecular weight is 283 g/mol. The van der Waals surface area contributed by atoms with E-state index >= 15 is 0 Å². The molecule has 0 fully saturated rings. The third-order valence-corrected chi connectivity index (χ3v) is 3.30. The van der Waals surface area contributed by atoms with Crippen molar-refractivity contribution in [2.24, 2.45) is 0 Å². The SMILES string of the molecule is N#CCc1ccc2oc(Cc3ccc(Cl)cc3)nc2c1. The van der Waals surface area contributed by atoms with E-state index in [2.05, 4.69) is 11.1 Å². The van der Waals surface area contributed by atoms with E-state index in [0.717, 1.165) is 22.2 Å². The van der Waals surface area contributed by atoms with E-state index in [9.17, 15) is 0 Å². The molecule has 3 nitrogen and oxygen atoms in total. The van der Waals surface area contributed by atoms with Crippen LogP contribution in [0.2, 0.25) is 5.02 Å². The summed E-state index contributed by atoms with van der Waals surface area (Å²) in [5.41, 5.74) is 3.59. The van der Waals surface area contributed by atoms with E-state index in [1.165, 1.54) is 0 Å². The molecule has 1 heterocycles. The Morgan fingerprint density at radius 3 is 2.60 bits per heavy atom. The molecule has 0 unspecified atom stereocenters. The minimum absolute atomic E-state index is 0.384. The lowest BCUT2D eigenvalue weighted by atomic mass is 10.1. The third kappa shape index (κ3) is 2.66. The molecule has 3 rings (SSSR count). The fourth-order valence-electron chi connectivity index (χ4n) is 2.07. The Morgan fingerprint density at radius 2 is 1.85 bits per heavy atom. The molecule has 0 aliphatic carbocycles. The molecule has 1 aromatic heterocycles. The molecule has 4 heteroatoms. The van der Waals surface area contributed by atoms with Crippen LogP contribution in [0.25, 0.3) is 11.1 Å². The molecule has 0 atom stereocenters. The van der Waals surface area contributed by atoms with Crippen LogP contribution in [0.15, 0.2) is 46.9 Å². The van der Waals surface area contributed by atoms with Crippen molar-refractivity contribution >= 4 is 22.7 Å². The molecule has 0 aliphatic heterocycles. The lowest BCUT2D eigenvalue weighted by Gasteiger charge is -1.96. The zero-order valence-electron chi connectivity index (χ0n) is 10.6. The van der Waals surface area contributed by atoms with E-state index < -0.39 is 0 Å². The first-order valence-electron chi connectivity index (χ1n) is 6.24. The van der Waals surface area contributed by atoms with Crippen LogP contribution in [0.1, 0.15) is 17.0 Å². The monoisotopic (exact) mass is 282 g/mol. The van der Waals surface area contributed by atoms with Gasteiger partial charge in [0.1, 0.15) is 5.52 Å². The number of rotatable bonds is 3. The van der Waals surface area contributed by atoms with Crippen LogP contribution in [-0.4, -0.2) is 4.98 Å². The molecule has 0 N–H and O–H groups in total. The molecule has 0 bridgehead atoms. The molecule has 0 saturated carbocycles. The number of fused-ring (bicyclic) bond motifs is 1. The number of nitrogens with zero attached hydrogens (tertiary/aromatic N) is 2. The highest BCUT2D eigenvalue weighted by atomic mass is 35.5. The molecule has 20 heavy (non-hydrogen) atoms. The quantitative estimate of drug-likeness (QED) is 0.725. The standard InChI is InChI=1S/C16H11ClN2O/c17-13-4-1-11(2-5-13)10-16-19-14-9-12(7-8-18)3-6-15(14)20-16/h1-6,9H,7,10H2.